The number of nitrogens with zero attached hydrogens (tertiary/aromatic N) is 3. The molecule has 0 radical (unpaired) electrons. The van der Waals surface area contributed by atoms with Crippen molar-refractivity contribution in [2.45, 2.75) is 38.7 Å². The van der Waals surface area contributed by atoms with E-state index in [1.807, 2.05) is 19.9 Å². The first-order valence-corrected chi connectivity index (χ1v) is 8.54. The zero-order valence-corrected chi connectivity index (χ0v) is 15.3. The van der Waals surface area contributed by atoms with Gasteiger partial charge in [-0.15, -0.1) is 0 Å². The lowest BCUT2D eigenvalue weighted by Crippen LogP contribution is -2.07. The van der Waals surface area contributed by atoms with Gasteiger partial charge in [0.25, 0.3) is 0 Å². The Kier molecular flexibility index (Phi) is 4.91. The van der Waals surface area contributed by atoms with Crippen LogP contribution in [0.25, 0.3) is 0 Å². The molecule has 1 aliphatic rings. The summed E-state index contributed by atoms with van der Waals surface area (Å²) < 4.78 is 13.2. The Hall–Kier alpha value is -1.86. The minimum atomic E-state index is 0.00118. The van der Waals surface area contributed by atoms with Crippen molar-refractivity contribution in [2.75, 3.05) is 7.11 Å². The van der Waals surface area contributed by atoms with Crippen LogP contribution in [0, 0.1) is 4.77 Å². The summed E-state index contributed by atoms with van der Waals surface area (Å²) in [6, 6.07) is 3.61. The second-order valence-electron chi connectivity index (χ2n) is 5.92. The quantitative estimate of drug-likeness (QED) is 0.616. The van der Waals surface area contributed by atoms with Gasteiger partial charge in [0.15, 0.2) is 17.3 Å². The molecule has 1 aromatic heterocycles. The average Bonchev–Trinajstić information content (AvgIpc) is 3.31. The molecule has 128 valence electrons. The molecule has 0 amide bonds. The Balaban J connectivity index is 1.92. The highest BCUT2D eigenvalue weighted by Gasteiger charge is 2.29. The number of aromatic nitrogens is 3. The Morgan fingerprint density at radius 2 is 2.21 bits per heavy atom. The second-order valence-corrected chi connectivity index (χ2v) is 6.71. The van der Waals surface area contributed by atoms with Crippen LogP contribution >= 0.6 is 23.8 Å². The van der Waals surface area contributed by atoms with E-state index in [4.69, 9.17) is 33.3 Å². The number of H-pyrrole nitrogens is 1. The van der Waals surface area contributed by atoms with E-state index < -0.39 is 0 Å². The van der Waals surface area contributed by atoms with Gasteiger partial charge < -0.3 is 9.47 Å². The maximum Gasteiger partial charge on any atom is 0.216 e. The summed E-state index contributed by atoms with van der Waals surface area (Å²) in [4.78, 5) is 0. The Bertz CT molecular complexity index is 824. The number of methoxy groups -OCH3 is 1. The number of benzene rings is 1. The van der Waals surface area contributed by atoms with Gasteiger partial charge in [0.2, 0.25) is 4.77 Å². The van der Waals surface area contributed by atoms with Crippen LogP contribution in [0.15, 0.2) is 17.2 Å². The van der Waals surface area contributed by atoms with Crippen molar-refractivity contribution in [3.63, 3.8) is 0 Å². The van der Waals surface area contributed by atoms with Gasteiger partial charge in [0, 0.05) is 5.92 Å². The summed E-state index contributed by atoms with van der Waals surface area (Å²) in [5.74, 6) is 2.41. The zero-order chi connectivity index (χ0) is 17.3. The van der Waals surface area contributed by atoms with Crippen LogP contribution in [0.1, 0.15) is 44.0 Å². The van der Waals surface area contributed by atoms with Gasteiger partial charge in [0.05, 0.1) is 24.5 Å². The molecule has 24 heavy (non-hydrogen) atoms. The van der Waals surface area contributed by atoms with Gasteiger partial charge in [-0.1, -0.05) is 11.6 Å². The summed E-state index contributed by atoms with van der Waals surface area (Å²) in [6.45, 7) is 3.87. The summed E-state index contributed by atoms with van der Waals surface area (Å²) >= 11 is 11.6. The van der Waals surface area contributed by atoms with Gasteiger partial charge in [-0.3, -0.25) is 5.10 Å². The van der Waals surface area contributed by atoms with Crippen molar-refractivity contribution in [2.24, 2.45) is 5.10 Å². The van der Waals surface area contributed by atoms with Crippen molar-refractivity contribution in [1.82, 2.24) is 14.9 Å². The molecular weight excluding hydrogens is 348 g/mol. The molecule has 1 saturated carbocycles. The average molecular weight is 367 g/mol. The number of ether oxygens (including phenoxy) is 2. The number of halogens is 1. The van der Waals surface area contributed by atoms with Gasteiger partial charge in [-0.25, -0.2) is 0 Å². The lowest BCUT2D eigenvalue weighted by molar-refractivity contribution is 0.230. The van der Waals surface area contributed by atoms with E-state index in [1.165, 1.54) is 0 Å². The second kappa shape index (κ2) is 6.94. The third-order valence-corrected chi connectivity index (χ3v) is 4.09. The van der Waals surface area contributed by atoms with E-state index in [1.54, 1.807) is 24.1 Å². The largest absolute Gasteiger partial charge is 0.493 e. The fourth-order valence-electron chi connectivity index (χ4n) is 2.31. The maximum atomic E-state index is 6.33. The normalized spacial score (nSPS) is 14.5. The van der Waals surface area contributed by atoms with E-state index in [0.717, 1.165) is 24.2 Å². The Morgan fingerprint density at radius 1 is 1.46 bits per heavy atom. The van der Waals surface area contributed by atoms with Gasteiger partial charge in [-0.05, 0) is 56.6 Å². The van der Waals surface area contributed by atoms with Gasteiger partial charge in [0.1, 0.15) is 0 Å². The summed E-state index contributed by atoms with van der Waals surface area (Å²) in [5, 5.41) is 12.0. The van der Waals surface area contributed by atoms with Crippen molar-refractivity contribution in [3.8, 4) is 11.5 Å². The predicted octanol–water partition coefficient (Wildman–Crippen LogP) is 4.15. The monoisotopic (exact) mass is 366 g/mol. The van der Waals surface area contributed by atoms with Crippen LogP contribution in [0.3, 0.4) is 0 Å². The SMILES string of the molecule is COc1cc(/C=N\n2c(C3CC3)n[nH]c2=S)cc(Cl)c1OC(C)C. The lowest BCUT2D eigenvalue weighted by Gasteiger charge is -2.15. The Labute approximate surface area is 150 Å². The van der Waals surface area contributed by atoms with E-state index in [2.05, 4.69) is 15.3 Å². The molecule has 0 saturated heterocycles. The molecule has 2 aromatic rings. The smallest absolute Gasteiger partial charge is 0.216 e. The molecule has 0 aliphatic heterocycles. The van der Waals surface area contributed by atoms with E-state index in [9.17, 15) is 0 Å². The van der Waals surface area contributed by atoms with Gasteiger partial charge in [-0.2, -0.15) is 14.9 Å². The molecule has 1 N–H and O–H groups in total. The molecule has 1 heterocycles. The maximum absolute atomic E-state index is 6.33. The summed E-state index contributed by atoms with van der Waals surface area (Å²) in [5.41, 5.74) is 0.790. The van der Waals surface area contributed by atoms with Crippen LogP contribution in [0.4, 0.5) is 0 Å². The molecule has 3 rings (SSSR count). The molecular formula is C16H19ClN4O2S. The minimum Gasteiger partial charge on any atom is -0.493 e. The van der Waals surface area contributed by atoms with Crippen LogP contribution < -0.4 is 9.47 Å². The molecule has 8 heteroatoms. The number of hydrogen-bond acceptors (Lipinski definition) is 5. The number of hydrogen-bond donors (Lipinski definition) is 1. The number of rotatable bonds is 6. The molecule has 6 nitrogen and oxygen atoms in total. The first-order chi connectivity index (χ1) is 11.5. The third kappa shape index (κ3) is 3.62. The molecule has 0 bridgehead atoms. The summed E-state index contributed by atoms with van der Waals surface area (Å²) in [7, 11) is 1.58. The minimum absolute atomic E-state index is 0.00118. The molecule has 0 atom stereocenters. The van der Waals surface area contributed by atoms with Gasteiger partial charge >= 0.3 is 0 Å². The highest BCUT2D eigenvalue weighted by Crippen LogP contribution is 2.39. The standard InChI is InChI=1S/C16H19ClN4O2S/c1-9(2)23-14-12(17)6-10(7-13(14)22-3)8-18-21-15(11-4-5-11)19-20-16(21)24/h6-9,11H,4-5H2,1-3H3,(H,20,24)/b18-8-. The van der Waals surface area contributed by atoms with E-state index in [-0.39, 0.29) is 6.10 Å². The zero-order valence-electron chi connectivity index (χ0n) is 13.7. The third-order valence-electron chi connectivity index (χ3n) is 3.55. The summed E-state index contributed by atoms with van der Waals surface area (Å²) in [6.07, 6.45) is 3.93. The topological polar surface area (TPSA) is 64.4 Å². The fraction of sp³-hybridized carbons (Fsp3) is 0.438. The van der Waals surface area contributed by atoms with E-state index >= 15 is 0 Å². The molecule has 1 aliphatic carbocycles. The first kappa shape index (κ1) is 17.0. The molecule has 1 aromatic carbocycles. The lowest BCUT2D eigenvalue weighted by atomic mass is 10.2. The Morgan fingerprint density at radius 3 is 2.83 bits per heavy atom. The van der Waals surface area contributed by atoms with Crippen LogP contribution in [-0.4, -0.2) is 34.3 Å². The fourth-order valence-corrected chi connectivity index (χ4v) is 2.76. The van der Waals surface area contributed by atoms with Crippen LogP contribution in [-0.2, 0) is 0 Å². The first-order valence-electron chi connectivity index (χ1n) is 7.75. The van der Waals surface area contributed by atoms with Crippen LogP contribution in [0.2, 0.25) is 5.02 Å². The molecule has 0 spiro atoms. The highest BCUT2D eigenvalue weighted by molar-refractivity contribution is 7.71. The molecule has 1 fully saturated rings. The highest BCUT2D eigenvalue weighted by atomic mass is 35.5. The van der Waals surface area contributed by atoms with Crippen molar-refractivity contribution in [1.29, 1.82) is 0 Å². The van der Waals surface area contributed by atoms with Crippen molar-refractivity contribution in [3.05, 3.63) is 33.3 Å². The predicted molar refractivity (Wildman–Crippen MR) is 96.1 cm³/mol. The number of nitrogens with one attached hydrogen (secondary N) is 1. The number of aromatic amines is 1. The van der Waals surface area contributed by atoms with Crippen molar-refractivity contribution >= 4 is 30.0 Å². The van der Waals surface area contributed by atoms with Crippen molar-refractivity contribution < 1.29 is 9.47 Å². The van der Waals surface area contributed by atoms with Crippen LogP contribution in [0.5, 0.6) is 11.5 Å². The van der Waals surface area contributed by atoms with E-state index in [0.29, 0.717) is 27.2 Å². The molecule has 0 unspecified atom stereocenters.